The van der Waals surface area contributed by atoms with Crippen LogP contribution in [0, 0.1) is 0 Å². The van der Waals surface area contributed by atoms with Crippen molar-refractivity contribution in [2.45, 2.75) is 0 Å². The molecule has 0 radical (unpaired) electrons. The van der Waals surface area contributed by atoms with Gasteiger partial charge in [0.1, 0.15) is 5.58 Å². The highest BCUT2D eigenvalue weighted by Gasteiger charge is 2.23. The van der Waals surface area contributed by atoms with Gasteiger partial charge in [0, 0.05) is 47.2 Å². The Morgan fingerprint density at radius 2 is 1.24 bits per heavy atom. The Balaban J connectivity index is 1.40. The van der Waals surface area contributed by atoms with Crippen molar-refractivity contribution in [1.29, 1.82) is 0 Å². The van der Waals surface area contributed by atoms with E-state index in [9.17, 15) is 10.0 Å². The SMILES string of the molecule is OB(O)c1cccc2c1oc1c(-n3c4ccccc4c4c5sc6c(-c7ccccc7)cccc6c5ccc43)cccc12. The zero-order chi connectivity index (χ0) is 27.9. The first kappa shape index (κ1) is 23.8. The third kappa shape index (κ3) is 3.20. The summed E-state index contributed by atoms with van der Waals surface area (Å²) in [6.07, 6.45) is 0. The van der Waals surface area contributed by atoms with Gasteiger partial charge in [0.05, 0.1) is 16.7 Å². The number of nitrogens with zero attached hydrogens (tertiary/aromatic N) is 1. The van der Waals surface area contributed by atoms with Gasteiger partial charge in [-0.2, -0.15) is 0 Å². The van der Waals surface area contributed by atoms with E-state index in [0.29, 0.717) is 16.6 Å². The predicted molar refractivity (Wildman–Crippen MR) is 176 cm³/mol. The molecule has 0 saturated heterocycles. The zero-order valence-electron chi connectivity index (χ0n) is 22.3. The van der Waals surface area contributed by atoms with Gasteiger partial charge in [0.25, 0.3) is 0 Å². The molecule has 0 aliphatic carbocycles. The summed E-state index contributed by atoms with van der Waals surface area (Å²) in [7, 11) is -1.62. The van der Waals surface area contributed by atoms with Crippen LogP contribution in [-0.2, 0) is 0 Å². The molecule has 6 heteroatoms. The fourth-order valence-corrected chi connectivity index (χ4v) is 8.01. The number of thiophene rings is 1. The third-order valence-corrected chi connectivity index (χ3v) is 9.71. The number of hydrogen-bond donors (Lipinski definition) is 2. The fourth-order valence-electron chi connectivity index (χ4n) is 6.62. The molecule has 0 saturated carbocycles. The average molecular weight is 559 g/mol. The number of furan rings is 1. The Morgan fingerprint density at radius 3 is 2.10 bits per heavy atom. The highest BCUT2D eigenvalue weighted by atomic mass is 32.1. The molecular weight excluding hydrogens is 537 g/mol. The van der Waals surface area contributed by atoms with E-state index in [0.717, 1.165) is 27.5 Å². The van der Waals surface area contributed by atoms with Gasteiger partial charge in [-0.1, -0.05) is 103 Å². The van der Waals surface area contributed by atoms with Crippen LogP contribution in [0.15, 0.2) is 126 Å². The number of para-hydroxylation sites is 3. The molecule has 0 atom stereocenters. The minimum Gasteiger partial charge on any atom is -0.454 e. The molecule has 0 unspecified atom stereocenters. The van der Waals surface area contributed by atoms with Crippen molar-refractivity contribution in [3.8, 4) is 16.8 Å². The highest BCUT2D eigenvalue weighted by Crippen LogP contribution is 2.46. The standard InChI is InChI=1S/C36H22BNO3S/c39-37(40)28-16-7-13-23-24-14-8-18-31(34(24)41-33(23)28)38-29-17-5-4-11-27(29)32-30(38)20-19-26-25-15-6-12-22(35(25)42-36(26)32)21-9-2-1-3-10-21/h1-20,39-40H. The zero-order valence-corrected chi connectivity index (χ0v) is 23.1. The van der Waals surface area contributed by atoms with Crippen molar-refractivity contribution in [1.82, 2.24) is 4.57 Å². The largest absolute Gasteiger partial charge is 0.492 e. The van der Waals surface area contributed by atoms with E-state index >= 15 is 0 Å². The molecule has 9 aromatic rings. The van der Waals surface area contributed by atoms with Crippen molar-refractivity contribution >= 4 is 87.8 Å². The van der Waals surface area contributed by atoms with Crippen LogP contribution in [0.3, 0.4) is 0 Å². The van der Waals surface area contributed by atoms with Gasteiger partial charge in [0.2, 0.25) is 0 Å². The topological polar surface area (TPSA) is 58.5 Å². The second-order valence-electron chi connectivity index (χ2n) is 10.7. The lowest BCUT2D eigenvalue weighted by atomic mass is 9.79. The summed E-state index contributed by atoms with van der Waals surface area (Å²) in [6.45, 7) is 0. The van der Waals surface area contributed by atoms with E-state index in [2.05, 4.69) is 95.6 Å². The normalized spacial score (nSPS) is 12.0. The quantitative estimate of drug-likeness (QED) is 0.214. The molecule has 3 heterocycles. The molecule has 0 fully saturated rings. The van der Waals surface area contributed by atoms with Gasteiger partial charge in [0.15, 0.2) is 5.58 Å². The monoisotopic (exact) mass is 559 g/mol. The molecule has 0 aliphatic heterocycles. The van der Waals surface area contributed by atoms with Crippen LogP contribution in [0.25, 0.3) is 80.7 Å². The van der Waals surface area contributed by atoms with Gasteiger partial charge in [-0.05, 0) is 29.3 Å². The molecular formula is C36H22BNO3S. The van der Waals surface area contributed by atoms with Crippen molar-refractivity contribution in [2.75, 3.05) is 0 Å². The van der Waals surface area contributed by atoms with E-state index < -0.39 is 7.12 Å². The third-order valence-electron chi connectivity index (χ3n) is 8.44. The molecule has 9 rings (SSSR count). The second-order valence-corrected chi connectivity index (χ2v) is 11.7. The number of rotatable bonds is 3. The van der Waals surface area contributed by atoms with Crippen LogP contribution in [0.4, 0.5) is 0 Å². The van der Waals surface area contributed by atoms with Crippen LogP contribution in [0.2, 0.25) is 0 Å². The first-order valence-electron chi connectivity index (χ1n) is 13.9. The van der Waals surface area contributed by atoms with E-state index in [1.807, 2.05) is 35.6 Å². The molecule has 4 nitrogen and oxygen atoms in total. The van der Waals surface area contributed by atoms with Crippen LogP contribution in [0.1, 0.15) is 0 Å². The summed E-state index contributed by atoms with van der Waals surface area (Å²) in [5.74, 6) is 0. The molecule has 0 aliphatic rings. The molecule has 0 amide bonds. The van der Waals surface area contributed by atoms with Gasteiger partial charge in [-0.25, -0.2) is 0 Å². The minimum absolute atomic E-state index is 0.359. The number of fused-ring (bicyclic) bond motifs is 10. The Labute approximate surface area is 244 Å². The van der Waals surface area contributed by atoms with E-state index in [1.54, 1.807) is 6.07 Å². The number of hydrogen-bond acceptors (Lipinski definition) is 4. The molecule has 198 valence electrons. The summed E-state index contributed by atoms with van der Waals surface area (Å²) >= 11 is 1.86. The highest BCUT2D eigenvalue weighted by molar-refractivity contribution is 7.27. The van der Waals surface area contributed by atoms with Crippen molar-refractivity contribution < 1.29 is 14.5 Å². The molecule has 0 spiro atoms. The molecule has 3 aromatic heterocycles. The fraction of sp³-hybridized carbons (Fsp3) is 0. The van der Waals surface area contributed by atoms with Crippen LogP contribution in [-0.4, -0.2) is 21.7 Å². The minimum atomic E-state index is -1.62. The van der Waals surface area contributed by atoms with E-state index in [1.165, 1.54) is 42.1 Å². The van der Waals surface area contributed by atoms with Gasteiger partial charge < -0.3 is 19.0 Å². The summed E-state index contributed by atoms with van der Waals surface area (Å²) in [4.78, 5) is 0. The lowest BCUT2D eigenvalue weighted by Gasteiger charge is -2.08. The number of benzene rings is 6. The first-order valence-corrected chi connectivity index (χ1v) is 14.7. The average Bonchev–Trinajstić information content (AvgIpc) is 3.70. The summed E-state index contributed by atoms with van der Waals surface area (Å²) < 4.78 is 11.3. The predicted octanol–water partition coefficient (Wildman–Crippen LogP) is 8.40. The summed E-state index contributed by atoms with van der Waals surface area (Å²) in [5.41, 5.74) is 7.15. The Kier molecular flexibility index (Phi) is 4.99. The maximum atomic E-state index is 10.0. The lowest BCUT2D eigenvalue weighted by Crippen LogP contribution is -2.29. The molecule has 0 bridgehead atoms. The van der Waals surface area contributed by atoms with Crippen molar-refractivity contribution in [3.05, 3.63) is 121 Å². The van der Waals surface area contributed by atoms with Gasteiger partial charge in [-0.15, -0.1) is 11.3 Å². The van der Waals surface area contributed by atoms with Crippen LogP contribution in [0.5, 0.6) is 0 Å². The Hall–Kier alpha value is -4.88. The summed E-state index contributed by atoms with van der Waals surface area (Å²) in [5, 5.41) is 26.8. The maximum Gasteiger partial charge on any atom is 0.492 e. The Morgan fingerprint density at radius 1 is 0.548 bits per heavy atom. The molecule has 42 heavy (non-hydrogen) atoms. The number of aromatic nitrogens is 1. The van der Waals surface area contributed by atoms with Crippen LogP contribution >= 0.6 is 11.3 Å². The van der Waals surface area contributed by atoms with Gasteiger partial charge in [-0.3, -0.25) is 0 Å². The molecule has 2 N–H and O–H groups in total. The molecule has 6 aromatic carbocycles. The van der Waals surface area contributed by atoms with Gasteiger partial charge >= 0.3 is 7.12 Å². The lowest BCUT2D eigenvalue weighted by molar-refractivity contribution is 0.425. The van der Waals surface area contributed by atoms with Crippen molar-refractivity contribution in [3.63, 3.8) is 0 Å². The maximum absolute atomic E-state index is 10.0. The first-order chi connectivity index (χ1) is 20.7. The van der Waals surface area contributed by atoms with Crippen LogP contribution < -0.4 is 5.46 Å². The smallest absolute Gasteiger partial charge is 0.454 e. The Bertz CT molecular complexity index is 2510. The van der Waals surface area contributed by atoms with E-state index in [4.69, 9.17) is 4.42 Å². The van der Waals surface area contributed by atoms with Crippen molar-refractivity contribution in [2.24, 2.45) is 0 Å². The summed E-state index contributed by atoms with van der Waals surface area (Å²) in [6, 6.07) is 41.9. The second kappa shape index (κ2) is 8.81. The van der Waals surface area contributed by atoms with E-state index in [-0.39, 0.29) is 0 Å².